The predicted octanol–water partition coefficient (Wildman–Crippen LogP) is 1.81. The van der Waals surface area contributed by atoms with Crippen LogP contribution >= 0.6 is 0 Å². The number of nitrogens with two attached hydrogens (primary N) is 1. The van der Waals surface area contributed by atoms with Crippen molar-refractivity contribution in [1.29, 1.82) is 0 Å². The molecule has 1 saturated heterocycles. The van der Waals surface area contributed by atoms with Crippen LogP contribution in [0.4, 0.5) is 4.39 Å². The molecule has 2 heterocycles. The Hall–Kier alpha value is -2.80. The van der Waals surface area contributed by atoms with E-state index in [4.69, 9.17) is 5.73 Å². The highest BCUT2D eigenvalue weighted by atomic mass is 19.1. The number of carbonyl (C=O) groups is 2. The second-order valence-electron chi connectivity index (χ2n) is 6.71. The standard InChI is InChI=1S/C20H23FN4O2/c21-17-7-2-8-23-18(17)14-4-1-5-15(12-14)20(27)24-9-11-25-10-3-6-16(13-25)19(22)26/h1-2,4-5,7-8,12,16H,3,6,9-11,13H2,(H2,22,26)(H,24,27)/t16-/m0/s1. The van der Waals surface area contributed by atoms with Crippen LogP contribution in [0.5, 0.6) is 0 Å². The molecule has 1 aliphatic heterocycles. The molecule has 2 aromatic rings. The Kier molecular flexibility index (Phi) is 6.13. The molecule has 3 N–H and O–H groups in total. The first-order valence-electron chi connectivity index (χ1n) is 9.05. The minimum atomic E-state index is -0.427. The van der Waals surface area contributed by atoms with E-state index in [9.17, 15) is 14.0 Å². The Morgan fingerprint density at radius 2 is 2.15 bits per heavy atom. The summed E-state index contributed by atoms with van der Waals surface area (Å²) in [5.41, 5.74) is 6.61. The molecule has 0 radical (unpaired) electrons. The lowest BCUT2D eigenvalue weighted by atomic mass is 9.97. The Morgan fingerprint density at radius 3 is 2.93 bits per heavy atom. The number of primary amides is 1. The van der Waals surface area contributed by atoms with Crippen LogP contribution in [0.2, 0.25) is 0 Å². The van der Waals surface area contributed by atoms with Crippen molar-refractivity contribution in [3.05, 3.63) is 54.0 Å². The smallest absolute Gasteiger partial charge is 0.251 e. The Labute approximate surface area is 157 Å². The second-order valence-corrected chi connectivity index (χ2v) is 6.71. The molecular weight excluding hydrogens is 347 g/mol. The largest absolute Gasteiger partial charge is 0.369 e. The summed E-state index contributed by atoms with van der Waals surface area (Å²) in [7, 11) is 0. The third-order valence-corrected chi connectivity index (χ3v) is 4.78. The minimum Gasteiger partial charge on any atom is -0.369 e. The van der Waals surface area contributed by atoms with E-state index in [0.29, 0.717) is 30.8 Å². The van der Waals surface area contributed by atoms with Crippen molar-refractivity contribution in [2.45, 2.75) is 12.8 Å². The lowest BCUT2D eigenvalue weighted by Crippen LogP contribution is -2.44. The Bertz CT molecular complexity index is 827. The molecule has 1 atom stereocenters. The quantitative estimate of drug-likeness (QED) is 0.812. The summed E-state index contributed by atoms with van der Waals surface area (Å²) in [6, 6.07) is 9.61. The zero-order valence-corrected chi connectivity index (χ0v) is 15.0. The topological polar surface area (TPSA) is 88.3 Å². The molecule has 6 nitrogen and oxygen atoms in total. The number of carbonyl (C=O) groups excluding carboxylic acids is 2. The van der Waals surface area contributed by atoms with Crippen molar-refractivity contribution < 1.29 is 14.0 Å². The van der Waals surface area contributed by atoms with Gasteiger partial charge in [0.05, 0.1) is 5.92 Å². The highest BCUT2D eigenvalue weighted by Gasteiger charge is 2.23. The van der Waals surface area contributed by atoms with E-state index >= 15 is 0 Å². The third-order valence-electron chi connectivity index (χ3n) is 4.78. The van der Waals surface area contributed by atoms with E-state index in [1.165, 1.54) is 18.3 Å². The number of amides is 2. The maximum absolute atomic E-state index is 13.9. The van der Waals surface area contributed by atoms with Crippen molar-refractivity contribution in [1.82, 2.24) is 15.2 Å². The molecule has 7 heteroatoms. The number of nitrogens with one attached hydrogen (secondary N) is 1. The lowest BCUT2D eigenvalue weighted by Gasteiger charge is -2.31. The molecule has 1 aromatic heterocycles. The third kappa shape index (κ3) is 4.89. The van der Waals surface area contributed by atoms with Crippen molar-refractivity contribution >= 4 is 11.8 Å². The van der Waals surface area contributed by atoms with E-state index in [0.717, 1.165) is 19.4 Å². The van der Waals surface area contributed by atoms with Gasteiger partial charge in [0.2, 0.25) is 5.91 Å². The molecule has 0 bridgehead atoms. The molecule has 0 saturated carbocycles. The van der Waals surface area contributed by atoms with Gasteiger partial charge in [-0.15, -0.1) is 0 Å². The van der Waals surface area contributed by atoms with Gasteiger partial charge in [0, 0.05) is 37.0 Å². The van der Waals surface area contributed by atoms with Gasteiger partial charge in [-0.05, 0) is 43.7 Å². The number of nitrogens with zero attached hydrogens (tertiary/aromatic N) is 2. The molecule has 3 rings (SSSR count). The van der Waals surface area contributed by atoms with Crippen molar-refractivity contribution in [2.24, 2.45) is 11.7 Å². The summed E-state index contributed by atoms with van der Waals surface area (Å²) >= 11 is 0. The van der Waals surface area contributed by atoms with Crippen LogP contribution in [-0.4, -0.2) is 47.9 Å². The van der Waals surface area contributed by atoms with E-state index in [1.807, 2.05) is 0 Å². The molecule has 27 heavy (non-hydrogen) atoms. The molecular formula is C20H23FN4O2. The second kappa shape index (κ2) is 8.73. The van der Waals surface area contributed by atoms with Crippen molar-refractivity contribution in [3.8, 4) is 11.3 Å². The number of hydrogen-bond acceptors (Lipinski definition) is 4. The Balaban J connectivity index is 1.56. The highest BCUT2D eigenvalue weighted by molar-refractivity contribution is 5.95. The minimum absolute atomic E-state index is 0.112. The normalized spacial score (nSPS) is 17.4. The molecule has 1 aliphatic rings. The first-order chi connectivity index (χ1) is 13.0. The van der Waals surface area contributed by atoms with Gasteiger partial charge < -0.3 is 16.0 Å². The number of halogens is 1. The Morgan fingerprint density at radius 1 is 1.30 bits per heavy atom. The predicted molar refractivity (Wildman–Crippen MR) is 100 cm³/mol. The number of piperidine rings is 1. The molecule has 142 valence electrons. The highest BCUT2D eigenvalue weighted by Crippen LogP contribution is 2.21. The van der Waals surface area contributed by atoms with Crippen molar-refractivity contribution in [3.63, 3.8) is 0 Å². The number of aromatic nitrogens is 1. The molecule has 0 aliphatic carbocycles. The molecule has 0 spiro atoms. The van der Waals surface area contributed by atoms with Gasteiger partial charge in [-0.1, -0.05) is 12.1 Å². The summed E-state index contributed by atoms with van der Waals surface area (Å²) < 4.78 is 13.9. The first-order valence-corrected chi connectivity index (χ1v) is 9.05. The van der Waals surface area contributed by atoms with Crippen LogP contribution in [0.1, 0.15) is 23.2 Å². The molecule has 0 unspecified atom stereocenters. The number of rotatable bonds is 6. The maximum Gasteiger partial charge on any atom is 0.251 e. The van der Waals surface area contributed by atoms with Crippen LogP contribution in [0.3, 0.4) is 0 Å². The summed E-state index contributed by atoms with van der Waals surface area (Å²) in [5, 5.41) is 2.87. The zero-order chi connectivity index (χ0) is 19.2. The van der Waals surface area contributed by atoms with Gasteiger partial charge in [0.25, 0.3) is 5.91 Å². The van der Waals surface area contributed by atoms with Crippen LogP contribution in [0.15, 0.2) is 42.6 Å². The summed E-state index contributed by atoms with van der Waals surface area (Å²) in [6.45, 7) is 2.66. The van der Waals surface area contributed by atoms with E-state index in [1.54, 1.807) is 24.3 Å². The van der Waals surface area contributed by atoms with Crippen LogP contribution < -0.4 is 11.1 Å². The van der Waals surface area contributed by atoms with E-state index in [2.05, 4.69) is 15.2 Å². The fourth-order valence-electron chi connectivity index (χ4n) is 3.33. The van der Waals surface area contributed by atoms with Crippen LogP contribution in [0, 0.1) is 11.7 Å². The fourth-order valence-corrected chi connectivity index (χ4v) is 3.33. The first kappa shape index (κ1) is 19.0. The van der Waals surface area contributed by atoms with Gasteiger partial charge in [0.15, 0.2) is 0 Å². The van der Waals surface area contributed by atoms with Crippen molar-refractivity contribution in [2.75, 3.05) is 26.2 Å². The summed E-state index contributed by atoms with van der Waals surface area (Å²) in [4.78, 5) is 29.9. The van der Waals surface area contributed by atoms with Gasteiger partial charge in [-0.2, -0.15) is 0 Å². The van der Waals surface area contributed by atoms with Gasteiger partial charge in [-0.25, -0.2) is 4.39 Å². The van der Waals surface area contributed by atoms with Gasteiger partial charge in [0.1, 0.15) is 11.5 Å². The van der Waals surface area contributed by atoms with Crippen LogP contribution in [-0.2, 0) is 4.79 Å². The zero-order valence-electron chi connectivity index (χ0n) is 15.0. The summed E-state index contributed by atoms with van der Waals surface area (Å²) in [5.74, 6) is -1.03. The van der Waals surface area contributed by atoms with Crippen LogP contribution in [0.25, 0.3) is 11.3 Å². The van der Waals surface area contributed by atoms with E-state index in [-0.39, 0.29) is 23.4 Å². The van der Waals surface area contributed by atoms with Gasteiger partial charge >= 0.3 is 0 Å². The van der Waals surface area contributed by atoms with Gasteiger partial charge in [-0.3, -0.25) is 14.6 Å². The number of likely N-dealkylation sites (tertiary alicyclic amines) is 1. The fraction of sp³-hybridized carbons (Fsp3) is 0.350. The average molecular weight is 370 g/mol. The monoisotopic (exact) mass is 370 g/mol. The molecule has 1 aromatic carbocycles. The number of hydrogen-bond donors (Lipinski definition) is 2. The maximum atomic E-state index is 13.9. The number of pyridine rings is 1. The SMILES string of the molecule is NC(=O)[C@H]1CCCN(CCNC(=O)c2cccc(-c3ncccc3F)c2)C1. The lowest BCUT2D eigenvalue weighted by molar-refractivity contribution is -0.123. The summed E-state index contributed by atoms with van der Waals surface area (Å²) in [6.07, 6.45) is 3.28. The number of benzene rings is 1. The molecule has 1 fully saturated rings. The average Bonchev–Trinajstić information content (AvgIpc) is 2.68. The van der Waals surface area contributed by atoms with E-state index < -0.39 is 5.82 Å². The molecule has 2 amide bonds.